The Bertz CT molecular complexity index is 536. The van der Waals surface area contributed by atoms with Crippen LogP contribution < -0.4 is 9.46 Å². The van der Waals surface area contributed by atoms with E-state index in [0.29, 0.717) is 19.7 Å². The Kier molecular flexibility index (Phi) is 4.45. The summed E-state index contributed by atoms with van der Waals surface area (Å²) in [4.78, 5) is 3.88. The third kappa shape index (κ3) is 3.58. The molecule has 1 aromatic rings. The average molecular weight is 305 g/mol. The van der Waals surface area contributed by atoms with Crippen LogP contribution in [-0.2, 0) is 14.9 Å². The Hall–Kier alpha value is -1.39. The number of anilines is 1. The zero-order valence-electron chi connectivity index (χ0n) is 11.7. The molecule has 10 heteroatoms. The van der Waals surface area contributed by atoms with Crippen LogP contribution in [0.2, 0.25) is 0 Å². The standard InChI is InChI=1S/C10H19N5O4S/c1-4-18-10-11-9(12-13-10)14-20(16,17)15-5-7(2)19-8(3)6-15/h7-8H,4-6H2,1-3H3,(H2,11,12,13,14). The predicted octanol–water partition coefficient (Wildman–Crippen LogP) is -0.0307. The molecule has 0 spiro atoms. The van der Waals surface area contributed by atoms with Gasteiger partial charge in [0.15, 0.2) is 0 Å². The second-order valence-corrected chi connectivity index (χ2v) is 6.25. The summed E-state index contributed by atoms with van der Waals surface area (Å²) in [6.45, 7) is 6.46. The zero-order valence-corrected chi connectivity index (χ0v) is 12.5. The molecule has 2 N–H and O–H groups in total. The van der Waals surface area contributed by atoms with Crippen molar-refractivity contribution >= 4 is 16.2 Å². The molecule has 0 radical (unpaired) electrons. The van der Waals surface area contributed by atoms with Gasteiger partial charge in [0.1, 0.15) is 0 Å². The summed E-state index contributed by atoms with van der Waals surface area (Å²) in [6.07, 6.45) is -0.298. The number of ether oxygens (including phenoxy) is 2. The highest BCUT2D eigenvalue weighted by atomic mass is 32.2. The SMILES string of the molecule is CCOc1n[nH]c(NS(=O)(=O)N2CC(C)OC(C)C2)n1. The van der Waals surface area contributed by atoms with Crippen molar-refractivity contribution in [3.8, 4) is 6.01 Å². The molecule has 0 amide bonds. The molecule has 1 fully saturated rings. The van der Waals surface area contributed by atoms with Crippen molar-refractivity contribution in [2.24, 2.45) is 0 Å². The van der Waals surface area contributed by atoms with E-state index >= 15 is 0 Å². The van der Waals surface area contributed by atoms with E-state index < -0.39 is 10.2 Å². The highest BCUT2D eigenvalue weighted by Crippen LogP contribution is 2.16. The molecule has 0 saturated carbocycles. The van der Waals surface area contributed by atoms with E-state index in [1.807, 2.05) is 13.8 Å². The fourth-order valence-electron chi connectivity index (χ4n) is 2.00. The number of nitrogens with one attached hydrogen (secondary N) is 2. The van der Waals surface area contributed by atoms with E-state index in [2.05, 4.69) is 19.9 Å². The minimum atomic E-state index is -3.69. The fraction of sp³-hybridized carbons (Fsp3) is 0.800. The van der Waals surface area contributed by atoms with Gasteiger partial charge >= 0.3 is 16.2 Å². The van der Waals surface area contributed by atoms with Crippen molar-refractivity contribution in [3.63, 3.8) is 0 Å². The molecule has 1 saturated heterocycles. The maximum Gasteiger partial charge on any atom is 0.337 e. The quantitative estimate of drug-likeness (QED) is 0.790. The third-order valence-corrected chi connectivity index (χ3v) is 4.12. The lowest BCUT2D eigenvalue weighted by atomic mass is 10.3. The molecule has 1 aromatic heterocycles. The van der Waals surface area contributed by atoms with E-state index in [-0.39, 0.29) is 24.2 Å². The third-order valence-electron chi connectivity index (χ3n) is 2.69. The number of aromatic nitrogens is 3. The van der Waals surface area contributed by atoms with Gasteiger partial charge in [-0.05, 0) is 20.8 Å². The van der Waals surface area contributed by atoms with Crippen LogP contribution in [0.4, 0.5) is 5.95 Å². The van der Waals surface area contributed by atoms with Crippen molar-refractivity contribution in [2.75, 3.05) is 24.4 Å². The number of nitrogens with zero attached hydrogens (tertiary/aromatic N) is 3. The van der Waals surface area contributed by atoms with E-state index in [9.17, 15) is 8.42 Å². The molecule has 2 unspecified atom stereocenters. The van der Waals surface area contributed by atoms with Gasteiger partial charge in [-0.1, -0.05) is 0 Å². The monoisotopic (exact) mass is 305 g/mol. The first-order chi connectivity index (χ1) is 9.40. The predicted molar refractivity (Wildman–Crippen MR) is 71.7 cm³/mol. The van der Waals surface area contributed by atoms with Crippen molar-refractivity contribution in [2.45, 2.75) is 33.0 Å². The Balaban J connectivity index is 2.06. The molecule has 2 rings (SSSR count). The van der Waals surface area contributed by atoms with Gasteiger partial charge in [0.25, 0.3) is 0 Å². The largest absolute Gasteiger partial charge is 0.463 e. The van der Waals surface area contributed by atoms with Gasteiger partial charge < -0.3 is 9.47 Å². The summed E-state index contributed by atoms with van der Waals surface area (Å²) >= 11 is 0. The molecule has 2 atom stereocenters. The van der Waals surface area contributed by atoms with Crippen molar-refractivity contribution in [1.82, 2.24) is 19.5 Å². The van der Waals surface area contributed by atoms with Crippen LogP contribution in [0.5, 0.6) is 6.01 Å². The number of morpholine rings is 1. The van der Waals surface area contributed by atoms with Crippen LogP contribution in [-0.4, -0.2) is 59.8 Å². The van der Waals surface area contributed by atoms with E-state index in [1.54, 1.807) is 6.92 Å². The Morgan fingerprint density at radius 1 is 1.45 bits per heavy atom. The van der Waals surface area contributed by atoms with E-state index in [0.717, 1.165) is 0 Å². The number of hydrogen-bond donors (Lipinski definition) is 2. The Morgan fingerprint density at radius 3 is 2.70 bits per heavy atom. The van der Waals surface area contributed by atoms with Crippen molar-refractivity contribution in [3.05, 3.63) is 0 Å². The zero-order chi connectivity index (χ0) is 14.8. The highest BCUT2D eigenvalue weighted by Gasteiger charge is 2.31. The molecule has 114 valence electrons. The molecule has 2 heterocycles. The lowest BCUT2D eigenvalue weighted by Crippen LogP contribution is -2.50. The molecule has 0 aromatic carbocycles. The first kappa shape index (κ1) is 15.0. The number of hydrogen-bond acceptors (Lipinski definition) is 6. The normalized spacial score (nSPS) is 24.6. The molecular weight excluding hydrogens is 286 g/mol. The minimum Gasteiger partial charge on any atom is -0.463 e. The molecule has 9 nitrogen and oxygen atoms in total. The highest BCUT2D eigenvalue weighted by molar-refractivity contribution is 7.90. The van der Waals surface area contributed by atoms with Gasteiger partial charge in [-0.15, -0.1) is 5.10 Å². The molecule has 1 aliphatic heterocycles. The van der Waals surface area contributed by atoms with Crippen LogP contribution >= 0.6 is 0 Å². The summed E-state index contributed by atoms with van der Waals surface area (Å²) in [5.41, 5.74) is 0. The van der Waals surface area contributed by atoms with Crippen LogP contribution in [0.25, 0.3) is 0 Å². The van der Waals surface area contributed by atoms with Gasteiger partial charge in [-0.2, -0.15) is 17.7 Å². The smallest absolute Gasteiger partial charge is 0.337 e. The lowest BCUT2D eigenvalue weighted by Gasteiger charge is -2.34. The molecule has 0 bridgehead atoms. The maximum absolute atomic E-state index is 12.2. The molecular formula is C10H19N5O4S. The summed E-state index contributed by atoms with van der Waals surface area (Å²) < 4.78 is 38.7. The van der Waals surface area contributed by atoms with Crippen LogP contribution in [0.15, 0.2) is 0 Å². The first-order valence-electron chi connectivity index (χ1n) is 6.39. The summed E-state index contributed by atoms with van der Waals surface area (Å²) in [5.74, 6) is 0.0280. The first-order valence-corrected chi connectivity index (χ1v) is 7.83. The molecule has 20 heavy (non-hydrogen) atoms. The van der Waals surface area contributed by atoms with Crippen molar-refractivity contribution < 1.29 is 17.9 Å². The second kappa shape index (κ2) is 5.94. The maximum atomic E-state index is 12.2. The number of rotatable bonds is 5. The fourth-order valence-corrected chi connectivity index (χ4v) is 3.28. The Morgan fingerprint density at radius 2 is 2.10 bits per heavy atom. The van der Waals surface area contributed by atoms with Gasteiger partial charge in [-0.3, -0.25) is 0 Å². The number of H-pyrrole nitrogens is 1. The molecule has 0 aliphatic carbocycles. The van der Waals surface area contributed by atoms with Crippen LogP contribution in [0.3, 0.4) is 0 Å². The average Bonchev–Trinajstić information content (AvgIpc) is 2.75. The number of aromatic amines is 1. The van der Waals surface area contributed by atoms with E-state index in [1.165, 1.54) is 4.31 Å². The minimum absolute atomic E-state index is 0.0280. The van der Waals surface area contributed by atoms with Crippen molar-refractivity contribution in [1.29, 1.82) is 0 Å². The van der Waals surface area contributed by atoms with Gasteiger partial charge in [0, 0.05) is 13.1 Å². The molecule has 1 aliphatic rings. The van der Waals surface area contributed by atoms with Gasteiger partial charge in [0.2, 0.25) is 5.95 Å². The summed E-state index contributed by atoms with van der Waals surface area (Å²) in [6, 6.07) is 0.105. The topological polar surface area (TPSA) is 109 Å². The van der Waals surface area contributed by atoms with Crippen LogP contribution in [0.1, 0.15) is 20.8 Å². The van der Waals surface area contributed by atoms with Crippen LogP contribution in [0, 0.1) is 0 Å². The summed E-state index contributed by atoms with van der Waals surface area (Å²) in [5, 5.41) is 6.21. The summed E-state index contributed by atoms with van der Waals surface area (Å²) in [7, 11) is -3.69. The van der Waals surface area contributed by atoms with Gasteiger partial charge in [-0.25, -0.2) is 9.82 Å². The second-order valence-electron chi connectivity index (χ2n) is 4.58. The Labute approximate surface area is 117 Å². The van der Waals surface area contributed by atoms with Gasteiger partial charge in [0.05, 0.1) is 18.8 Å². The van der Waals surface area contributed by atoms with E-state index in [4.69, 9.17) is 9.47 Å². The lowest BCUT2D eigenvalue weighted by molar-refractivity contribution is -0.0439.